The lowest BCUT2D eigenvalue weighted by molar-refractivity contribution is 0.160. The van der Waals surface area contributed by atoms with Crippen LogP contribution in [0.25, 0.3) is 0 Å². The molecule has 0 N–H and O–H groups in total. The zero-order valence-electron chi connectivity index (χ0n) is 7.16. The van der Waals surface area contributed by atoms with E-state index in [-0.39, 0.29) is 0 Å². The Labute approximate surface area is 72.9 Å². The Morgan fingerprint density at radius 3 is 3.25 bits per heavy atom. The molecule has 63 valence electrons. The molecular formula is C10H12NO. The lowest BCUT2D eigenvalue weighted by Gasteiger charge is -1.93. The molecular weight excluding hydrogens is 150 g/mol. The summed E-state index contributed by atoms with van der Waals surface area (Å²) < 4.78 is 0. The Bertz CT molecular complexity index is 231. The van der Waals surface area contributed by atoms with Crippen LogP contribution in [0.3, 0.4) is 0 Å². The second-order valence-electron chi connectivity index (χ2n) is 2.32. The average molecular weight is 162 g/mol. The zero-order chi connectivity index (χ0) is 8.65. The first-order valence-electron chi connectivity index (χ1n) is 4.02. The molecule has 0 atom stereocenters. The van der Waals surface area contributed by atoms with E-state index < -0.39 is 0 Å². The maximum Gasteiger partial charge on any atom is 0.114 e. The minimum Gasteiger partial charge on any atom is -0.396 e. The van der Waals surface area contributed by atoms with Gasteiger partial charge >= 0.3 is 0 Å². The summed E-state index contributed by atoms with van der Waals surface area (Å²) in [6.45, 7) is 2.53. The molecule has 2 nitrogen and oxygen atoms in total. The highest BCUT2D eigenvalue weighted by molar-refractivity contribution is 5.60. The van der Waals surface area contributed by atoms with Crippen LogP contribution >= 0.6 is 0 Å². The van der Waals surface area contributed by atoms with E-state index in [0.29, 0.717) is 6.61 Å². The Hall–Kier alpha value is -1.31. The number of hydrogen-bond acceptors (Lipinski definition) is 2. The standard InChI is InChI=1S/C10H12NO/c1-2-12-11-9-8-10-6-4-3-5-7-10/h3-4,6-7,9H,2,8H2,1H3. The number of rotatable bonds is 4. The first-order chi connectivity index (χ1) is 5.93. The lowest BCUT2D eigenvalue weighted by Crippen LogP contribution is -1.86. The summed E-state index contributed by atoms with van der Waals surface area (Å²) in [6, 6.07) is 10.8. The average Bonchev–Trinajstić information content (AvgIpc) is 2.14. The van der Waals surface area contributed by atoms with E-state index in [0.717, 1.165) is 6.42 Å². The van der Waals surface area contributed by atoms with Crippen molar-refractivity contribution in [2.45, 2.75) is 13.3 Å². The van der Waals surface area contributed by atoms with Crippen molar-refractivity contribution in [3.63, 3.8) is 0 Å². The molecule has 1 rings (SSSR count). The first-order valence-corrected chi connectivity index (χ1v) is 4.02. The second-order valence-corrected chi connectivity index (χ2v) is 2.32. The molecule has 0 spiro atoms. The van der Waals surface area contributed by atoms with Crippen LogP contribution in [-0.2, 0) is 11.3 Å². The minimum absolute atomic E-state index is 0.622. The number of nitrogens with zero attached hydrogens (tertiary/aromatic N) is 1. The molecule has 0 aliphatic carbocycles. The van der Waals surface area contributed by atoms with Gasteiger partial charge in [-0.1, -0.05) is 29.4 Å². The highest BCUT2D eigenvalue weighted by Gasteiger charge is 1.85. The van der Waals surface area contributed by atoms with Crippen LogP contribution in [-0.4, -0.2) is 12.8 Å². The van der Waals surface area contributed by atoms with Gasteiger partial charge in [-0.2, -0.15) is 0 Å². The molecule has 1 aromatic rings. The zero-order valence-corrected chi connectivity index (χ0v) is 7.16. The van der Waals surface area contributed by atoms with Crippen molar-refractivity contribution in [1.29, 1.82) is 0 Å². The van der Waals surface area contributed by atoms with Gasteiger partial charge in [0.2, 0.25) is 0 Å². The van der Waals surface area contributed by atoms with Crippen molar-refractivity contribution in [2.75, 3.05) is 6.61 Å². The fourth-order valence-electron chi connectivity index (χ4n) is 0.827. The van der Waals surface area contributed by atoms with Crippen LogP contribution < -0.4 is 0 Å². The van der Waals surface area contributed by atoms with Crippen molar-refractivity contribution < 1.29 is 4.84 Å². The molecule has 0 unspecified atom stereocenters. The number of oxime groups is 1. The monoisotopic (exact) mass is 162 g/mol. The maximum absolute atomic E-state index is 4.81. The van der Waals surface area contributed by atoms with Crippen LogP contribution in [0.15, 0.2) is 29.4 Å². The smallest absolute Gasteiger partial charge is 0.114 e. The Balaban J connectivity index is 2.33. The van der Waals surface area contributed by atoms with Crippen molar-refractivity contribution in [3.8, 4) is 0 Å². The van der Waals surface area contributed by atoms with Gasteiger partial charge < -0.3 is 4.84 Å². The summed E-state index contributed by atoms with van der Waals surface area (Å²) in [7, 11) is 0. The van der Waals surface area contributed by atoms with Gasteiger partial charge in [0.1, 0.15) is 6.61 Å². The van der Waals surface area contributed by atoms with Gasteiger partial charge in [0, 0.05) is 12.6 Å². The van der Waals surface area contributed by atoms with Gasteiger partial charge in [-0.25, -0.2) is 0 Å². The summed E-state index contributed by atoms with van der Waals surface area (Å²) in [5.74, 6) is 0. The molecule has 0 amide bonds. The molecule has 0 aliphatic heterocycles. The molecule has 0 bridgehead atoms. The largest absolute Gasteiger partial charge is 0.396 e. The van der Waals surface area contributed by atoms with Gasteiger partial charge in [-0.05, 0) is 18.6 Å². The third-order valence-electron chi connectivity index (χ3n) is 1.38. The van der Waals surface area contributed by atoms with Crippen molar-refractivity contribution >= 4 is 6.21 Å². The van der Waals surface area contributed by atoms with E-state index >= 15 is 0 Å². The van der Waals surface area contributed by atoms with Crippen LogP contribution in [0.2, 0.25) is 0 Å². The Morgan fingerprint density at radius 2 is 2.58 bits per heavy atom. The van der Waals surface area contributed by atoms with Crippen molar-refractivity contribution in [1.82, 2.24) is 0 Å². The molecule has 0 fully saturated rings. The normalized spacial score (nSPS) is 10.4. The summed E-state index contributed by atoms with van der Waals surface area (Å²) in [4.78, 5) is 4.81. The van der Waals surface area contributed by atoms with Gasteiger partial charge in [-0.3, -0.25) is 0 Å². The van der Waals surface area contributed by atoms with Crippen molar-refractivity contribution in [3.05, 3.63) is 35.9 Å². The minimum atomic E-state index is 0.622. The Morgan fingerprint density at radius 1 is 1.67 bits per heavy atom. The summed E-state index contributed by atoms with van der Waals surface area (Å²) >= 11 is 0. The first kappa shape index (κ1) is 8.78. The fraction of sp³-hybridized carbons (Fsp3) is 0.300. The third-order valence-corrected chi connectivity index (χ3v) is 1.38. The molecule has 1 radical (unpaired) electrons. The third kappa shape index (κ3) is 3.19. The highest BCUT2D eigenvalue weighted by atomic mass is 16.6. The van der Waals surface area contributed by atoms with Gasteiger partial charge in [0.15, 0.2) is 0 Å². The van der Waals surface area contributed by atoms with E-state index in [2.05, 4.69) is 11.2 Å². The van der Waals surface area contributed by atoms with Crippen molar-refractivity contribution in [2.24, 2.45) is 5.16 Å². The van der Waals surface area contributed by atoms with E-state index in [4.69, 9.17) is 4.84 Å². The quantitative estimate of drug-likeness (QED) is 0.490. The van der Waals surface area contributed by atoms with E-state index in [9.17, 15) is 0 Å². The molecule has 2 heteroatoms. The van der Waals surface area contributed by atoms with E-state index in [1.807, 2.05) is 31.2 Å². The summed E-state index contributed by atoms with van der Waals surface area (Å²) in [5.41, 5.74) is 1.20. The maximum atomic E-state index is 4.81. The predicted molar refractivity (Wildman–Crippen MR) is 49.1 cm³/mol. The highest BCUT2D eigenvalue weighted by Crippen LogP contribution is 1.96. The second kappa shape index (κ2) is 5.35. The molecule has 0 aliphatic rings. The summed E-state index contributed by atoms with van der Waals surface area (Å²) in [6.07, 6.45) is 2.56. The van der Waals surface area contributed by atoms with E-state index in [1.54, 1.807) is 6.21 Å². The number of benzene rings is 1. The number of hydrogen-bond donors (Lipinski definition) is 0. The topological polar surface area (TPSA) is 21.6 Å². The van der Waals surface area contributed by atoms with Gasteiger partial charge in [0.05, 0.1) is 0 Å². The van der Waals surface area contributed by atoms with Gasteiger partial charge in [0.25, 0.3) is 0 Å². The molecule has 0 heterocycles. The summed E-state index contributed by atoms with van der Waals surface area (Å²) in [5, 5.41) is 3.75. The fourth-order valence-corrected chi connectivity index (χ4v) is 0.827. The molecule has 0 saturated heterocycles. The van der Waals surface area contributed by atoms with Crippen LogP contribution in [0, 0.1) is 6.07 Å². The Kier molecular flexibility index (Phi) is 3.92. The SMILES string of the molecule is CCON=CCc1c[c]ccc1. The molecule has 12 heavy (non-hydrogen) atoms. The molecule has 0 saturated carbocycles. The van der Waals surface area contributed by atoms with Crippen LogP contribution in [0.4, 0.5) is 0 Å². The molecule has 1 aromatic carbocycles. The molecule has 0 aromatic heterocycles. The predicted octanol–water partition coefficient (Wildman–Crippen LogP) is 2.05. The van der Waals surface area contributed by atoms with Crippen LogP contribution in [0.1, 0.15) is 12.5 Å². The van der Waals surface area contributed by atoms with E-state index in [1.165, 1.54) is 5.56 Å². The van der Waals surface area contributed by atoms with Crippen LogP contribution in [0.5, 0.6) is 0 Å². The van der Waals surface area contributed by atoms with Gasteiger partial charge in [-0.15, -0.1) is 0 Å². The lowest BCUT2D eigenvalue weighted by atomic mass is 10.2.